The van der Waals surface area contributed by atoms with Gasteiger partial charge >= 0.3 is 0 Å². The molecule has 3 nitrogen and oxygen atoms in total. The molecule has 0 aliphatic carbocycles. The highest BCUT2D eigenvalue weighted by Gasteiger charge is 2.12. The number of carbonyl (C=O) groups is 1. The Bertz CT molecular complexity index is 575. The lowest BCUT2D eigenvalue weighted by atomic mass is 10.2. The summed E-state index contributed by atoms with van der Waals surface area (Å²) in [5.74, 6) is -0.0980. The highest BCUT2D eigenvalue weighted by molar-refractivity contribution is 7.14. The van der Waals surface area contributed by atoms with Gasteiger partial charge in [0.05, 0.1) is 10.6 Å². The van der Waals surface area contributed by atoms with E-state index >= 15 is 0 Å². The molecule has 0 atom stereocenters. The van der Waals surface area contributed by atoms with Gasteiger partial charge in [-0.15, -0.1) is 11.3 Å². The van der Waals surface area contributed by atoms with Crippen LogP contribution >= 0.6 is 11.3 Å². The van der Waals surface area contributed by atoms with Crippen LogP contribution in [0.25, 0.3) is 0 Å². The minimum atomic E-state index is -0.177. The third-order valence-electron chi connectivity index (χ3n) is 2.78. The first kappa shape index (κ1) is 12.6. The van der Waals surface area contributed by atoms with Crippen molar-refractivity contribution in [1.82, 2.24) is 0 Å². The van der Waals surface area contributed by atoms with Crippen LogP contribution in [0.1, 0.15) is 27.0 Å². The Kier molecular flexibility index (Phi) is 3.67. The van der Waals surface area contributed by atoms with E-state index in [0.29, 0.717) is 10.6 Å². The lowest BCUT2D eigenvalue weighted by molar-refractivity contribution is 0.103. The van der Waals surface area contributed by atoms with Crippen LogP contribution < -0.4 is 5.32 Å². The molecule has 0 aliphatic heterocycles. The number of rotatable bonds is 3. The number of amides is 1. The van der Waals surface area contributed by atoms with Crippen molar-refractivity contribution in [1.29, 1.82) is 0 Å². The Morgan fingerprint density at radius 2 is 2.11 bits per heavy atom. The number of aromatic hydroxyl groups is 1. The molecule has 0 spiro atoms. The van der Waals surface area contributed by atoms with Gasteiger partial charge in [-0.1, -0.05) is 19.1 Å². The van der Waals surface area contributed by atoms with Crippen LogP contribution in [0.5, 0.6) is 5.75 Å². The number of hydrogen-bond donors (Lipinski definition) is 2. The Hall–Kier alpha value is -1.81. The zero-order valence-corrected chi connectivity index (χ0v) is 11.2. The second-order valence-corrected chi connectivity index (χ2v) is 5.27. The van der Waals surface area contributed by atoms with E-state index in [0.717, 1.165) is 6.42 Å². The molecule has 0 saturated carbocycles. The zero-order chi connectivity index (χ0) is 13.1. The monoisotopic (exact) mass is 261 g/mol. The Morgan fingerprint density at radius 3 is 2.72 bits per heavy atom. The summed E-state index contributed by atoms with van der Waals surface area (Å²) in [5.41, 5.74) is 1.63. The van der Waals surface area contributed by atoms with Crippen molar-refractivity contribution < 1.29 is 9.90 Å². The van der Waals surface area contributed by atoms with E-state index < -0.39 is 0 Å². The molecule has 1 heterocycles. The maximum Gasteiger partial charge on any atom is 0.265 e. The van der Waals surface area contributed by atoms with Crippen molar-refractivity contribution in [2.75, 3.05) is 5.32 Å². The first-order chi connectivity index (χ1) is 8.61. The van der Waals surface area contributed by atoms with Gasteiger partial charge in [0, 0.05) is 4.88 Å². The second-order valence-electron chi connectivity index (χ2n) is 4.02. The molecule has 0 fully saturated rings. The van der Waals surface area contributed by atoms with Crippen molar-refractivity contribution in [3.05, 3.63) is 45.6 Å². The molecule has 2 N–H and O–H groups in total. The summed E-state index contributed by atoms with van der Waals surface area (Å²) in [6, 6.07) is 8.62. The summed E-state index contributed by atoms with van der Waals surface area (Å²) in [4.78, 5) is 13.9. The molecule has 18 heavy (non-hydrogen) atoms. The molecule has 1 amide bonds. The molecule has 0 bridgehead atoms. The van der Waals surface area contributed by atoms with Gasteiger partial charge in [-0.25, -0.2) is 0 Å². The van der Waals surface area contributed by atoms with E-state index in [2.05, 4.69) is 12.2 Å². The maximum atomic E-state index is 12.0. The number of thiophene rings is 1. The smallest absolute Gasteiger partial charge is 0.265 e. The van der Waals surface area contributed by atoms with E-state index in [9.17, 15) is 9.90 Å². The van der Waals surface area contributed by atoms with Crippen molar-refractivity contribution in [2.45, 2.75) is 20.3 Å². The summed E-state index contributed by atoms with van der Waals surface area (Å²) >= 11 is 1.48. The van der Waals surface area contributed by atoms with Crippen molar-refractivity contribution in [3.8, 4) is 5.75 Å². The Labute approximate surface area is 110 Å². The predicted molar refractivity (Wildman–Crippen MR) is 74.5 cm³/mol. The molecule has 0 radical (unpaired) electrons. The fraction of sp³-hybridized carbons (Fsp3) is 0.214. The minimum absolute atomic E-state index is 0.0786. The lowest BCUT2D eigenvalue weighted by Gasteiger charge is -2.05. The summed E-state index contributed by atoms with van der Waals surface area (Å²) in [7, 11) is 0. The maximum absolute atomic E-state index is 12.0. The third kappa shape index (κ3) is 2.54. The van der Waals surface area contributed by atoms with E-state index in [1.807, 2.05) is 13.0 Å². The van der Waals surface area contributed by atoms with Gasteiger partial charge in [0.2, 0.25) is 0 Å². The molecular weight excluding hydrogens is 246 g/mol. The molecule has 0 aliphatic rings. The molecule has 2 aromatic rings. The number of anilines is 1. The van der Waals surface area contributed by atoms with Gasteiger partial charge in [-0.05, 0) is 37.1 Å². The number of aryl methyl sites for hydroxylation is 2. The Balaban J connectivity index is 2.19. The Morgan fingerprint density at radius 1 is 1.39 bits per heavy atom. The molecular formula is C14H15NO2S. The van der Waals surface area contributed by atoms with Crippen LogP contribution in [0.2, 0.25) is 0 Å². The van der Waals surface area contributed by atoms with Gasteiger partial charge < -0.3 is 10.4 Å². The number of para-hydroxylation sites is 2. The average molecular weight is 261 g/mol. The van der Waals surface area contributed by atoms with E-state index in [4.69, 9.17) is 0 Å². The van der Waals surface area contributed by atoms with Crippen molar-refractivity contribution >= 4 is 22.9 Å². The van der Waals surface area contributed by atoms with Crippen LogP contribution in [0, 0.1) is 6.92 Å². The number of carbonyl (C=O) groups excluding carboxylic acids is 1. The van der Waals surface area contributed by atoms with Gasteiger partial charge in [0.15, 0.2) is 0 Å². The van der Waals surface area contributed by atoms with E-state index in [-0.39, 0.29) is 11.7 Å². The number of phenols is 1. The predicted octanol–water partition coefficient (Wildman–Crippen LogP) is 3.58. The fourth-order valence-electron chi connectivity index (χ4n) is 1.75. The quantitative estimate of drug-likeness (QED) is 0.830. The van der Waals surface area contributed by atoms with Crippen molar-refractivity contribution in [2.24, 2.45) is 0 Å². The van der Waals surface area contributed by atoms with E-state index in [1.54, 1.807) is 24.3 Å². The standard InChI is InChI=1S/C14H15NO2S/c1-3-10-8-13(18-9(10)2)14(17)15-11-6-4-5-7-12(11)16/h4-8,16H,3H2,1-2H3,(H,15,17). The van der Waals surface area contributed by atoms with Crippen LogP contribution in [-0.4, -0.2) is 11.0 Å². The van der Waals surface area contributed by atoms with Crippen LogP contribution in [0.4, 0.5) is 5.69 Å². The number of hydrogen-bond acceptors (Lipinski definition) is 3. The highest BCUT2D eigenvalue weighted by atomic mass is 32.1. The molecule has 2 rings (SSSR count). The molecule has 1 aromatic carbocycles. The molecule has 0 saturated heterocycles. The number of nitrogens with one attached hydrogen (secondary N) is 1. The third-order valence-corrected chi connectivity index (χ3v) is 3.87. The van der Waals surface area contributed by atoms with Crippen LogP contribution in [-0.2, 0) is 6.42 Å². The largest absolute Gasteiger partial charge is 0.506 e. The summed E-state index contributed by atoms with van der Waals surface area (Å²) in [6.45, 7) is 4.08. The molecule has 94 valence electrons. The van der Waals surface area contributed by atoms with Crippen molar-refractivity contribution in [3.63, 3.8) is 0 Å². The van der Waals surface area contributed by atoms with E-state index in [1.165, 1.54) is 21.8 Å². The number of benzene rings is 1. The van der Waals surface area contributed by atoms with Gasteiger partial charge in [-0.2, -0.15) is 0 Å². The summed E-state index contributed by atoms with van der Waals surface area (Å²) < 4.78 is 0. The normalized spacial score (nSPS) is 10.3. The summed E-state index contributed by atoms with van der Waals surface area (Å²) in [6.07, 6.45) is 0.923. The van der Waals surface area contributed by atoms with Gasteiger partial charge in [-0.3, -0.25) is 4.79 Å². The first-order valence-electron chi connectivity index (χ1n) is 5.80. The molecule has 1 aromatic heterocycles. The zero-order valence-electron chi connectivity index (χ0n) is 10.4. The SMILES string of the molecule is CCc1cc(C(=O)Nc2ccccc2O)sc1C. The average Bonchev–Trinajstić information content (AvgIpc) is 2.73. The fourth-order valence-corrected chi connectivity index (χ4v) is 2.76. The lowest BCUT2D eigenvalue weighted by Crippen LogP contribution is -2.10. The number of phenolic OH excluding ortho intramolecular Hbond substituents is 1. The van der Waals surface area contributed by atoms with Gasteiger partial charge in [0.1, 0.15) is 5.75 Å². The molecule has 0 unspecified atom stereocenters. The molecule has 4 heteroatoms. The minimum Gasteiger partial charge on any atom is -0.506 e. The second kappa shape index (κ2) is 5.23. The topological polar surface area (TPSA) is 49.3 Å². The van der Waals surface area contributed by atoms with Gasteiger partial charge in [0.25, 0.3) is 5.91 Å². The summed E-state index contributed by atoms with van der Waals surface area (Å²) in [5, 5.41) is 12.3. The van der Waals surface area contributed by atoms with Crippen LogP contribution in [0.3, 0.4) is 0 Å². The first-order valence-corrected chi connectivity index (χ1v) is 6.62. The van der Waals surface area contributed by atoms with Crippen LogP contribution in [0.15, 0.2) is 30.3 Å². The highest BCUT2D eigenvalue weighted by Crippen LogP contribution is 2.26.